The van der Waals surface area contributed by atoms with Crippen molar-refractivity contribution >= 4 is 45.4 Å². The molecule has 0 unspecified atom stereocenters. The van der Waals surface area contributed by atoms with Crippen LogP contribution in [0.2, 0.25) is 5.02 Å². The molecule has 0 bridgehead atoms. The molecular weight excluding hydrogens is 418 g/mol. The standard InChI is InChI=1S/C26H20ClN5/c27-21-11-13-22(14-12-21)29-25-23-9-5-4-8-20(23)10-15-24(25)30-31-26-28-16-17-32(26)18-19-6-2-1-3-7-19/h1-17,29H,18H2. The van der Waals surface area contributed by atoms with Crippen molar-refractivity contribution in [1.29, 1.82) is 0 Å². The van der Waals surface area contributed by atoms with Gasteiger partial charge in [0.1, 0.15) is 5.69 Å². The van der Waals surface area contributed by atoms with Crippen molar-refractivity contribution in [2.45, 2.75) is 6.54 Å². The number of azo groups is 1. The van der Waals surface area contributed by atoms with Gasteiger partial charge in [-0.05, 0) is 41.3 Å². The number of anilines is 2. The molecule has 32 heavy (non-hydrogen) atoms. The normalized spacial score (nSPS) is 11.3. The van der Waals surface area contributed by atoms with Gasteiger partial charge in [-0.2, -0.15) is 0 Å². The number of benzene rings is 4. The van der Waals surface area contributed by atoms with Gasteiger partial charge in [0, 0.05) is 28.5 Å². The zero-order valence-electron chi connectivity index (χ0n) is 17.2. The van der Waals surface area contributed by atoms with E-state index < -0.39 is 0 Å². The molecule has 5 rings (SSSR count). The summed E-state index contributed by atoms with van der Waals surface area (Å²) in [6.07, 6.45) is 3.65. The van der Waals surface area contributed by atoms with E-state index in [0.29, 0.717) is 17.5 Å². The molecule has 5 aromatic rings. The minimum Gasteiger partial charge on any atom is -0.353 e. The second-order valence-electron chi connectivity index (χ2n) is 7.35. The van der Waals surface area contributed by atoms with Crippen molar-refractivity contribution in [2.24, 2.45) is 10.2 Å². The lowest BCUT2D eigenvalue weighted by molar-refractivity contribution is 0.791. The van der Waals surface area contributed by atoms with Crippen LogP contribution in [0, 0.1) is 0 Å². The van der Waals surface area contributed by atoms with Crippen LogP contribution >= 0.6 is 11.6 Å². The molecule has 0 fully saturated rings. The van der Waals surface area contributed by atoms with Crippen molar-refractivity contribution in [2.75, 3.05) is 5.32 Å². The Morgan fingerprint density at radius 2 is 1.59 bits per heavy atom. The van der Waals surface area contributed by atoms with Crippen LogP contribution in [0.25, 0.3) is 10.8 Å². The van der Waals surface area contributed by atoms with Gasteiger partial charge in [-0.15, -0.1) is 10.2 Å². The Balaban J connectivity index is 1.50. The van der Waals surface area contributed by atoms with Gasteiger partial charge in [-0.3, -0.25) is 0 Å². The highest BCUT2D eigenvalue weighted by Gasteiger charge is 2.09. The summed E-state index contributed by atoms with van der Waals surface area (Å²) in [6, 6.07) is 30.0. The van der Waals surface area contributed by atoms with E-state index in [1.807, 2.05) is 77.5 Å². The molecule has 0 radical (unpaired) electrons. The highest BCUT2D eigenvalue weighted by molar-refractivity contribution is 6.30. The summed E-state index contributed by atoms with van der Waals surface area (Å²) in [5.41, 5.74) is 3.72. The molecule has 0 spiro atoms. The largest absolute Gasteiger partial charge is 0.353 e. The number of imidazole rings is 1. The molecule has 1 aromatic heterocycles. The first-order valence-corrected chi connectivity index (χ1v) is 10.7. The van der Waals surface area contributed by atoms with Gasteiger partial charge in [0.15, 0.2) is 0 Å². The second kappa shape index (κ2) is 9.04. The monoisotopic (exact) mass is 437 g/mol. The van der Waals surface area contributed by atoms with Crippen LogP contribution in [0.3, 0.4) is 0 Å². The Labute approximate surface area is 191 Å². The fraction of sp³-hybridized carbons (Fsp3) is 0.0385. The highest BCUT2D eigenvalue weighted by Crippen LogP contribution is 2.36. The summed E-state index contributed by atoms with van der Waals surface area (Å²) in [5.74, 6) is 0.555. The van der Waals surface area contributed by atoms with Crippen LogP contribution in [0.1, 0.15) is 5.56 Å². The van der Waals surface area contributed by atoms with Crippen LogP contribution in [0.4, 0.5) is 23.0 Å². The summed E-state index contributed by atoms with van der Waals surface area (Å²) >= 11 is 6.05. The quantitative estimate of drug-likeness (QED) is 0.274. The van der Waals surface area contributed by atoms with Crippen molar-refractivity contribution in [3.8, 4) is 0 Å². The smallest absolute Gasteiger partial charge is 0.249 e. The fourth-order valence-electron chi connectivity index (χ4n) is 3.56. The Bertz CT molecular complexity index is 1370. The van der Waals surface area contributed by atoms with E-state index in [2.05, 4.69) is 44.8 Å². The molecule has 0 aliphatic rings. The molecule has 1 N–H and O–H groups in total. The average Bonchev–Trinajstić information content (AvgIpc) is 3.27. The summed E-state index contributed by atoms with van der Waals surface area (Å²) in [5, 5.41) is 15.4. The summed E-state index contributed by atoms with van der Waals surface area (Å²) < 4.78 is 1.98. The minimum atomic E-state index is 0.555. The van der Waals surface area contributed by atoms with E-state index in [1.54, 1.807) is 6.20 Å². The van der Waals surface area contributed by atoms with Gasteiger partial charge in [0.05, 0.1) is 12.2 Å². The van der Waals surface area contributed by atoms with Gasteiger partial charge < -0.3 is 9.88 Å². The molecule has 0 amide bonds. The summed E-state index contributed by atoms with van der Waals surface area (Å²) in [6.45, 7) is 0.683. The van der Waals surface area contributed by atoms with Crippen molar-refractivity contribution < 1.29 is 0 Å². The SMILES string of the molecule is Clc1ccc(Nc2c(N=Nc3nccn3Cc3ccccc3)ccc3ccccc23)cc1. The maximum atomic E-state index is 6.05. The molecular formula is C26H20ClN5. The van der Waals surface area contributed by atoms with Gasteiger partial charge in [-0.1, -0.05) is 72.3 Å². The minimum absolute atomic E-state index is 0.555. The van der Waals surface area contributed by atoms with E-state index >= 15 is 0 Å². The molecule has 0 atom stereocenters. The van der Waals surface area contributed by atoms with E-state index in [9.17, 15) is 0 Å². The van der Waals surface area contributed by atoms with Gasteiger partial charge >= 0.3 is 0 Å². The topological polar surface area (TPSA) is 54.6 Å². The Kier molecular flexibility index (Phi) is 5.64. The molecule has 0 aliphatic carbocycles. The third kappa shape index (κ3) is 4.38. The first kappa shape index (κ1) is 20.0. The number of hydrogen-bond acceptors (Lipinski definition) is 4. The lowest BCUT2D eigenvalue weighted by atomic mass is 10.1. The number of rotatable bonds is 6. The third-order valence-corrected chi connectivity index (χ3v) is 5.41. The van der Waals surface area contributed by atoms with Gasteiger partial charge in [-0.25, -0.2) is 4.98 Å². The van der Waals surface area contributed by atoms with Crippen LogP contribution in [-0.4, -0.2) is 9.55 Å². The number of nitrogens with one attached hydrogen (secondary N) is 1. The predicted molar refractivity (Wildman–Crippen MR) is 131 cm³/mol. The third-order valence-electron chi connectivity index (χ3n) is 5.16. The zero-order chi connectivity index (χ0) is 21.8. The van der Waals surface area contributed by atoms with E-state index in [0.717, 1.165) is 27.8 Å². The van der Waals surface area contributed by atoms with E-state index in [-0.39, 0.29) is 0 Å². The second-order valence-corrected chi connectivity index (χ2v) is 7.79. The van der Waals surface area contributed by atoms with Crippen molar-refractivity contribution in [1.82, 2.24) is 9.55 Å². The number of nitrogens with zero attached hydrogens (tertiary/aromatic N) is 4. The van der Waals surface area contributed by atoms with Crippen LogP contribution in [-0.2, 0) is 6.54 Å². The molecule has 5 nitrogen and oxygen atoms in total. The van der Waals surface area contributed by atoms with Crippen molar-refractivity contribution in [3.05, 3.63) is 114 Å². The molecule has 0 aliphatic heterocycles. The Morgan fingerprint density at radius 3 is 2.44 bits per heavy atom. The summed E-state index contributed by atoms with van der Waals surface area (Å²) in [7, 11) is 0. The number of halogens is 1. The molecule has 0 saturated carbocycles. The van der Waals surface area contributed by atoms with Crippen LogP contribution in [0.15, 0.2) is 114 Å². The maximum Gasteiger partial charge on any atom is 0.249 e. The molecule has 156 valence electrons. The van der Waals surface area contributed by atoms with Crippen LogP contribution in [0.5, 0.6) is 0 Å². The lowest BCUT2D eigenvalue weighted by Gasteiger charge is -2.12. The van der Waals surface area contributed by atoms with E-state index in [1.165, 1.54) is 5.56 Å². The Morgan fingerprint density at radius 1 is 0.812 bits per heavy atom. The summed E-state index contributed by atoms with van der Waals surface area (Å²) in [4.78, 5) is 4.38. The first-order chi connectivity index (χ1) is 15.8. The number of hydrogen-bond donors (Lipinski definition) is 1. The molecule has 1 heterocycles. The fourth-order valence-corrected chi connectivity index (χ4v) is 3.68. The molecule has 4 aromatic carbocycles. The zero-order valence-corrected chi connectivity index (χ0v) is 17.9. The first-order valence-electron chi connectivity index (χ1n) is 10.3. The lowest BCUT2D eigenvalue weighted by Crippen LogP contribution is -1.97. The maximum absolute atomic E-state index is 6.05. The van der Waals surface area contributed by atoms with Gasteiger partial charge in [0.2, 0.25) is 5.95 Å². The van der Waals surface area contributed by atoms with Crippen molar-refractivity contribution in [3.63, 3.8) is 0 Å². The van der Waals surface area contributed by atoms with Gasteiger partial charge in [0.25, 0.3) is 0 Å². The number of aromatic nitrogens is 2. The highest BCUT2D eigenvalue weighted by atomic mass is 35.5. The van der Waals surface area contributed by atoms with Crippen LogP contribution < -0.4 is 5.32 Å². The molecule has 6 heteroatoms. The molecule has 0 saturated heterocycles. The Hall–Kier alpha value is -3.96. The number of fused-ring (bicyclic) bond motifs is 1. The predicted octanol–water partition coefficient (Wildman–Crippen LogP) is 7.90. The average molecular weight is 438 g/mol. The van der Waals surface area contributed by atoms with E-state index in [4.69, 9.17) is 11.6 Å².